The van der Waals surface area contributed by atoms with Gasteiger partial charge in [0.15, 0.2) is 12.6 Å². The molecule has 0 radical (unpaired) electrons. The van der Waals surface area contributed by atoms with Crippen molar-refractivity contribution in [1.29, 1.82) is 0 Å². The molecule has 0 atom stereocenters. The van der Waals surface area contributed by atoms with E-state index < -0.39 is 12.8 Å². The molecule has 0 aliphatic carbocycles. The minimum Gasteiger partial charge on any atom is -0.484 e. The molecule has 1 aromatic carbocycles. The van der Waals surface area contributed by atoms with Crippen LogP contribution in [-0.2, 0) is 13.1 Å². The molecule has 0 bridgehead atoms. The van der Waals surface area contributed by atoms with Crippen LogP contribution in [0.3, 0.4) is 0 Å². The monoisotopic (exact) mass is 499 g/mol. The van der Waals surface area contributed by atoms with Crippen LogP contribution in [0.2, 0.25) is 0 Å². The Morgan fingerprint density at radius 1 is 1.15 bits per heavy atom. The Bertz CT molecular complexity index is 661. The number of nitrogens with one attached hydrogen (secondary N) is 2. The van der Waals surface area contributed by atoms with Crippen molar-refractivity contribution < 1.29 is 17.9 Å². The van der Waals surface area contributed by atoms with Gasteiger partial charge in [-0.2, -0.15) is 13.2 Å². The van der Waals surface area contributed by atoms with Gasteiger partial charge in [0, 0.05) is 11.4 Å². The highest BCUT2D eigenvalue weighted by atomic mass is 127. The predicted octanol–water partition coefficient (Wildman–Crippen LogP) is 4.56. The number of guanidine groups is 1. The van der Waals surface area contributed by atoms with E-state index in [0.717, 1.165) is 12.1 Å². The van der Waals surface area contributed by atoms with Crippen molar-refractivity contribution in [1.82, 2.24) is 10.6 Å². The van der Waals surface area contributed by atoms with Crippen LogP contribution < -0.4 is 15.4 Å². The molecule has 1 aromatic heterocycles. The highest BCUT2D eigenvalue weighted by molar-refractivity contribution is 14.0. The van der Waals surface area contributed by atoms with E-state index in [1.807, 2.05) is 24.4 Å². The number of hydrogen-bond donors (Lipinski definition) is 2. The van der Waals surface area contributed by atoms with Gasteiger partial charge in [-0.25, -0.2) is 4.99 Å². The standard InChI is InChI=1S/C17H20F3N3OS.HI/c1-2-21-16(23-11-15-4-3-9-25-15)22-10-13-5-7-14(8-6-13)24-12-17(18,19)20;/h3-9H,2,10-12H2,1H3,(H2,21,22,23);1H. The normalized spacial score (nSPS) is 11.6. The molecule has 0 saturated carbocycles. The van der Waals surface area contributed by atoms with E-state index in [9.17, 15) is 13.2 Å². The highest BCUT2D eigenvalue weighted by Gasteiger charge is 2.28. The summed E-state index contributed by atoms with van der Waals surface area (Å²) in [6, 6.07) is 10.5. The van der Waals surface area contributed by atoms with Gasteiger partial charge in [0.05, 0.1) is 13.1 Å². The molecule has 2 N–H and O–H groups in total. The van der Waals surface area contributed by atoms with Gasteiger partial charge in [0.25, 0.3) is 0 Å². The Balaban J connectivity index is 0.00000338. The highest BCUT2D eigenvalue weighted by Crippen LogP contribution is 2.19. The summed E-state index contributed by atoms with van der Waals surface area (Å²) in [5, 5.41) is 8.42. The van der Waals surface area contributed by atoms with E-state index in [1.54, 1.807) is 23.5 Å². The van der Waals surface area contributed by atoms with Crippen molar-refractivity contribution in [3.05, 3.63) is 52.2 Å². The second-order valence-electron chi connectivity index (χ2n) is 5.18. The fourth-order valence-electron chi connectivity index (χ4n) is 1.95. The molecular formula is C17H21F3IN3OS. The van der Waals surface area contributed by atoms with Crippen molar-refractivity contribution in [3.8, 4) is 5.75 Å². The summed E-state index contributed by atoms with van der Waals surface area (Å²) in [6.45, 7) is 2.53. The molecule has 0 aliphatic heterocycles. The molecule has 2 aromatic rings. The van der Waals surface area contributed by atoms with E-state index in [2.05, 4.69) is 20.4 Å². The third kappa shape index (κ3) is 8.75. The Morgan fingerprint density at radius 3 is 2.46 bits per heavy atom. The first kappa shape index (κ1) is 22.6. The summed E-state index contributed by atoms with van der Waals surface area (Å²) < 4.78 is 41.0. The summed E-state index contributed by atoms with van der Waals surface area (Å²) in [5.41, 5.74) is 0.882. The van der Waals surface area contributed by atoms with E-state index in [1.165, 1.54) is 17.0 Å². The van der Waals surface area contributed by atoms with Crippen LogP contribution in [0.15, 0.2) is 46.8 Å². The van der Waals surface area contributed by atoms with Crippen molar-refractivity contribution in [2.45, 2.75) is 26.2 Å². The molecule has 9 heteroatoms. The molecule has 0 amide bonds. The number of alkyl halides is 3. The lowest BCUT2D eigenvalue weighted by Crippen LogP contribution is -2.36. The van der Waals surface area contributed by atoms with Gasteiger partial charge in [-0.05, 0) is 36.1 Å². The average Bonchev–Trinajstić information content (AvgIpc) is 3.09. The fraction of sp³-hybridized carbons (Fsp3) is 0.353. The number of ether oxygens (including phenoxy) is 1. The molecule has 1 heterocycles. The van der Waals surface area contributed by atoms with Crippen molar-refractivity contribution in [3.63, 3.8) is 0 Å². The first-order valence-corrected chi connectivity index (χ1v) is 8.67. The number of thiophene rings is 1. The Hall–Kier alpha value is -1.49. The number of hydrogen-bond acceptors (Lipinski definition) is 3. The summed E-state index contributed by atoms with van der Waals surface area (Å²) in [5.74, 6) is 0.876. The van der Waals surface area contributed by atoms with Crippen LogP contribution >= 0.6 is 35.3 Å². The van der Waals surface area contributed by atoms with Crippen molar-refractivity contribution in [2.24, 2.45) is 4.99 Å². The number of nitrogens with zero attached hydrogens (tertiary/aromatic N) is 1. The molecule has 26 heavy (non-hydrogen) atoms. The largest absolute Gasteiger partial charge is 0.484 e. The number of aliphatic imine (C=N–C) groups is 1. The molecule has 144 valence electrons. The van der Waals surface area contributed by atoms with Gasteiger partial charge < -0.3 is 15.4 Å². The summed E-state index contributed by atoms with van der Waals surface area (Å²) in [4.78, 5) is 5.68. The van der Waals surface area contributed by atoms with Gasteiger partial charge in [0.2, 0.25) is 0 Å². The molecule has 2 rings (SSSR count). The van der Waals surface area contributed by atoms with Crippen molar-refractivity contribution >= 4 is 41.3 Å². The van der Waals surface area contributed by atoms with Crippen LogP contribution in [0.4, 0.5) is 13.2 Å². The van der Waals surface area contributed by atoms with Crippen LogP contribution in [-0.4, -0.2) is 25.3 Å². The van der Waals surface area contributed by atoms with Crippen molar-refractivity contribution in [2.75, 3.05) is 13.2 Å². The first-order valence-electron chi connectivity index (χ1n) is 7.79. The van der Waals surface area contributed by atoms with Crippen LogP contribution in [0.25, 0.3) is 0 Å². The Morgan fingerprint density at radius 2 is 1.88 bits per heavy atom. The number of rotatable bonds is 7. The number of halogens is 4. The zero-order valence-corrected chi connectivity index (χ0v) is 17.3. The molecule has 0 aliphatic rings. The number of benzene rings is 1. The Kier molecular flexibility index (Phi) is 9.78. The minimum atomic E-state index is -4.34. The van der Waals surface area contributed by atoms with Gasteiger partial charge in [-0.3, -0.25) is 0 Å². The zero-order valence-electron chi connectivity index (χ0n) is 14.2. The maximum atomic E-state index is 12.1. The zero-order chi connectivity index (χ0) is 18.1. The third-order valence-corrected chi connectivity index (χ3v) is 3.98. The second kappa shape index (κ2) is 11.3. The lowest BCUT2D eigenvalue weighted by Gasteiger charge is -2.11. The summed E-state index contributed by atoms with van der Waals surface area (Å²) >= 11 is 1.67. The SMILES string of the molecule is CCNC(=NCc1ccc(OCC(F)(F)F)cc1)NCc1cccs1.I. The average molecular weight is 499 g/mol. The first-order chi connectivity index (χ1) is 12.0. The lowest BCUT2D eigenvalue weighted by atomic mass is 10.2. The molecular weight excluding hydrogens is 478 g/mol. The maximum Gasteiger partial charge on any atom is 0.422 e. The third-order valence-electron chi connectivity index (χ3n) is 3.10. The van der Waals surface area contributed by atoms with Gasteiger partial charge in [-0.1, -0.05) is 18.2 Å². The summed E-state index contributed by atoms with van der Waals surface area (Å²) in [7, 11) is 0. The molecule has 0 fully saturated rings. The van der Waals surface area contributed by atoms with Gasteiger partial charge in [0.1, 0.15) is 5.75 Å². The fourth-order valence-corrected chi connectivity index (χ4v) is 2.60. The maximum absolute atomic E-state index is 12.1. The Labute approximate surface area is 171 Å². The van der Waals surface area contributed by atoms with Crippen LogP contribution in [0, 0.1) is 0 Å². The van der Waals surface area contributed by atoms with E-state index in [4.69, 9.17) is 0 Å². The minimum absolute atomic E-state index is 0. The van der Waals surface area contributed by atoms with Gasteiger partial charge in [-0.15, -0.1) is 35.3 Å². The summed E-state index contributed by atoms with van der Waals surface area (Å²) in [6.07, 6.45) is -4.34. The van der Waals surface area contributed by atoms with E-state index in [0.29, 0.717) is 19.0 Å². The smallest absolute Gasteiger partial charge is 0.422 e. The van der Waals surface area contributed by atoms with Crippen LogP contribution in [0.1, 0.15) is 17.4 Å². The van der Waals surface area contributed by atoms with Crippen LogP contribution in [0.5, 0.6) is 5.75 Å². The van der Waals surface area contributed by atoms with Gasteiger partial charge >= 0.3 is 6.18 Å². The van der Waals surface area contributed by atoms with E-state index >= 15 is 0 Å². The topological polar surface area (TPSA) is 45.7 Å². The second-order valence-corrected chi connectivity index (χ2v) is 6.21. The molecule has 4 nitrogen and oxygen atoms in total. The lowest BCUT2D eigenvalue weighted by molar-refractivity contribution is -0.153. The predicted molar refractivity (Wildman–Crippen MR) is 109 cm³/mol. The quantitative estimate of drug-likeness (QED) is 0.334. The molecule has 0 spiro atoms. The van der Waals surface area contributed by atoms with E-state index in [-0.39, 0.29) is 29.7 Å². The molecule has 0 unspecified atom stereocenters. The molecule has 0 saturated heterocycles.